The van der Waals surface area contributed by atoms with Crippen molar-refractivity contribution in [3.63, 3.8) is 0 Å². The van der Waals surface area contributed by atoms with Crippen LogP contribution >= 0.6 is 0 Å². The molecule has 4 heteroatoms. The second-order valence-corrected chi connectivity index (χ2v) is 4.65. The number of hydrogen-bond acceptors (Lipinski definition) is 4. The van der Waals surface area contributed by atoms with E-state index < -0.39 is 5.75 Å². The highest BCUT2D eigenvalue weighted by molar-refractivity contribution is 5.86. The molecule has 2 N–H and O–H groups in total. The van der Waals surface area contributed by atoms with Crippen LogP contribution in [0.15, 0.2) is 51.7 Å². The van der Waals surface area contributed by atoms with Crippen molar-refractivity contribution in [2.75, 3.05) is 0 Å². The molecule has 0 aliphatic heterocycles. The van der Waals surface area contributed by atoms with Crippen LogP contribution in [0.5, 0.6) is 11.5 Å². The summed E-state index contributed by atoms with van der Waals surface area (Å²) in [5.41, 5.74) is 1.56. The number of benzene rings is 2. The molecular formula is C16H12O4. The summed E-state index contributed by atoms with van der Waals surface area (Å²) in [6.07, 6.45) is 0. The maximum atomic E-state index is 12.1. The minimum atomic E-state index is -0.423. The smallest absolute Gasteiger partial charge is 0.201 e. The van der Waals surface area contributed by atoms with Crippen molar-refractivity contribution < 1.29 is 14.6 Å². The second-order valence-electron chi connectivity index (χ2n) is 4.65. The fourth-order valence-electron chi connectivity index (χ4n) is 2.05. The Morgan fingerprint density at radius 3 is 2.40 bits per heavy atom. The first kappa shape index (κ1) is 12.3. The van der Waals surface area contributed by atoms with Gasteiger partial charge in [-0.25, -0.2) is 0 Å². The third kappa shape index (κ3) is 1.91. The van der Waals surface area contributed by atoms with Crippen LogP contribution in [0.3, 0.4) is 0 Å². The maximum absolute atomic E-state index is 12.1. The van der Waals surface area contributed by atoms with E-state index >= 15 is 0 Å². The number of aromatic hydroxyl groups is 2. The SMILES string of the molecule is Cc1ccc(-c2cc(=O)c3ccc(O)c(O)c3o2)cc1. The summed E-state index contributed by atoms with van der Waals surface area (Å²) >= 11 is 0. The van der Waals surface area contributed by atoms with Crippen molar-refractivity contribution in [3.8, 4) is 22.8 Å². The Morgan fingerprint density at radius 2 is 1.70 bits per heavy atom. The van der Waals surface area contributed by atoms with Crippen LogP contribution in [0.4, 0.5) is 0 Å². The summed E-state index contributed by atoms with van der Waals surface area (Å²) in [5.74, 6) is -0.390. The lowest BCUT2D eigenvalue weighted by molar-refractivity contribution is 0.400. The van der Waals surface area contributed by atoms with Gasteiger partial charge in [0.2, 0.25) is 5.75 Å². The molecule has 0 unspecified atom stereocenters. The molecule has 4 nitrogen and oxygen atoms in total. The van der Waals surface area contributed by atoms with E-state index in [4.69, 9.17) is 4.42 Å². The van der Waals surface area contributed by atoms with Crippen molar-refractivity contribution in [1.82, 2.24) is 0 Å². The van der Waals surface area contributed by atoms with Crippen molar-refractivity contribution >= 4 is 11.0 Å². The van der Waals surface area contributed by atoms with Gasteiger partial charge in [0, 0.05) is 11.6 Å². The minimum Gasteiger partial charge on any atom is -0.504 e. The molecule has 3 aromatic rings. The molecular weight excluding hydrogens is 256 g/mol. The van der Waals surface area contributed by atoms with Crippen LogP contribution < -0.4 is 5.43 Å². The average molecular weight is 268 g/mol. The van der Waals surface area contributed by atoms with Gasteiger partial charge in [-0.15, -0.1) is 0 Å². The summed E-state index contributed by atoms with van der Waals surface area (Å²) in [6.45, 7) is 1.96. The van der Waals surface area contributed by atoms with Gasteiger partial charge in [-0.1, -0.05) is 29.8 Å². The number of hydrogen-bond donors (Lipinski definition) is 2. The number of phenols is 2. The Kier molecular flexibility index (Phi) is 2.71. The summed E-state index contributed by atoms with van der Waals surface area (Å²) in [7, 11) is 0. The van der Waals surface area contributed by atoms with Crippen molar-refractivity contribution in [2.24, 2.45) is 0 Å². The van der Waals surface area contributed by atoms with Crippen LogP contribution in [0, 0.1) is 6.92 Å². The highest BCUT2D eigenvalue weighted by Gasteiger charge is 2.13. The zero-order valence-corrected chi connectivity index (χ0v) is 10.8. The minimum absolute atomic E-state index is 0.00641. The molecule has 0 bridgehead atoms. The number of aryl methyl sites for hydroxylation is 1. The first-order chi connectivity index (χ1) is 9.56. The van der Waals surface area contributed by atoms with E-state index in [1.165, 1.54) is 18.2 Å². The van der Waals surface area contributed by atoms with Gasteiger partial charge >= 0.3 is 0 Å². The maximum Gasteiger partial charge on any atom is 0.201 e. The zero-order chi connectivity index (χ0) is 14.3. The normalized spacial score (nSPS) is 10.8. The summed E-state index contributed by atoms with van der Waals surface area (Å²) < 4.78 is 5.57. The molecule has 0 fully saturated rings. The summed E-state index contributed by atoms with van der Waals surface area (Å²) in [5, 5.41) is 19.5. The largest absolute Gasteiger partial charge is 0.504 e. The zero-order valence-electron chi connectivity index (χ0n) is 10.8. The Bertz CT molecular complexity index is 845. The number of rotatable bonds is 1. The topological polar surface area (TPSA) is 70.7 Å². The van der Waals surface area contributed by atoms with E-state index in [1.807, 2.05) is 31.2 Å². The van der Waals surface area contributed by atoms with Crippen LogP contribution in [-0.4, -0.2) is 10.2 Å². The van der Waals surface area contributed by atoms with Crippen LogP contribution in [0.1, 0.15) is 5.56 Å². The molecule has 3 rings (SSSR count). The van der Waals surface area contributed by atoms with Crippen LogP contribution in [0.25, 0.3) is 22.3 Å². The van der Waals surface area contributed by atoms with Gasteiger partial charge < -0.3 is 14.6 Å². The highest BCUT2D eigenvalue weighted by atomic mass is 16.4. The predicted octanol–water partition coefficient (Wildman–Crippen LogP) is 3.18. The molecule has 0 aliphatic carbocycles. The Labute approximate surface area is 114 Å². The van der Waals surface area contributed by atoms with Gasteiger partial charge in [-0.05, 0) is 19.1 Å². The van der Waals surface area contributed by atoms with Crippen molar-refractivity contribution in [2.45, 2.75) is 6.92 Å². The molecule has 0 aliphatic rings. The van der Waals surface area contributed by atoms with Crippen molar-refractivity contribution in [1.29, 1.82) is 0 Å². The molecule has 0 saturated carbocycles. The first-order valence-corrected chi connectivity index (χ1v) is 6.12. The lowest BCUT2D eigenvalue weighted by Crippen LogP contribution is -2.00. The van der Waals surface area contributed by atoms with Crippen molar-refractivity contribution in [3.05, 3.63) is 58.3 Å². The summed E-state index contributed by atoms with van der Waals surface area (Å²) in [6, 6.07) is 11.5. The molecule has 20 heavy (non-hydrogen) atoms. The van der Waals surface area contributed by atoms with Gasteiger partial charge in [0.1, 0.15) is 5.76 Å². The molecule has 0 atom stereocenters. The first-order valence-electron chi connectivity index (χ1n) is 6.12. The van der Waals surface area contributed by atoms with E-state index in [0.717, 1.165) is 11.1 Å². The fourth-order valence-corrected chi connectivity index (χ4v) is 2.05. The molecule has 1 aromatic heterocycles. The molecule has 100 valence electrons. The average Bonchev–Trinajstić information content (AvgIpc) is 2.44. The van der Waals surface area contributed by atoms with E-state index in [1.54, 1.807) is 0 Å². The van der Waals surface area contributed by atoms with Crippen LogP contribution in [-0.2, 0) is 0 Å². The molecule has 0 saturated heterocycles. The summed E-state index contributed by atoms with van der Waals surface area (Å²) in [4.78, 5) is 12.1. The van der Waals surface area contributed by atoms with Gasteiger partial charge in [0.25, 0.3) is 0 Å². The standard InChI is InChI=1S/C16H12O4/c1-9-2-4-10(5-3-9)14-8-13(18)11-6-7-12(17)15(19)16(11)20-14/h2-8,17,19H,1H3. The predicted molar refractivity (Wildman–Crippen MR) is 76.0 cm³/mol. The Morgan fingerprint density at radius 1 is 1.00 bits per heavy atom. The number of phenolic OH excluding ortho intramolecular Hbond substituents is 2. The molecule has 0 radical (unpaired) electrons. The lowest BCUT2D eigenvalue weighted by Gasteiger charge is -2.06. The Balaban J connectivity index is 2.31. The molecule has 0 spiro atoms. The fraction of sp³-hybridized carbons (Fsp3) is 0.0625. The molecule has 1 heterocycles. The highest BCUT2D eigenvalue weighted by Crippen LogP contribution is 2.34. The lowest BCUT2D eigenvalue weighted by atomic mass is 10.1. The Hall–Kier alpha value is -2.75. The van der Waals surface area contributed by atoms with Crippen LogP contribution in [0.2, 0.25) is 0 Å². The van der Waals surface area contributed by atoms with Gasteiger partial charge in [-0.2, -0.15) is 0 Å². The van der Waals surface area contributed by atoms with E-state index in [0.29, 0.717) is 5.76 Å². The third-order valence-electron chi connectivity index (χ3n) is 3.19. The number of fused-ring (bicyclic) bond motifs is 1. The molecule has 2 aromatic carbocycles. The van der Waals surface area contributed by atoms with Gasteiger partial charge in [0.15, 0.2) is 16.8 Å². The quantitative estimate of drug-likeness (QED) is 0.665. The third-order valence-corrected chi connectivity index (χ3v) is 3.19. The van der Waals surface area contributed by atoms with Gasteiger partial charge in [-0.3, -0.25) is 4.79 Å². The van der Waals surface area contributed by atoms with E-state index in [2.05, 4.69) is 0 Å². The van der Waals surface area contributed by atoms with Gasteiger partial charge in [0.05, 0.1) is 5.39 Å². The monoisotopic (exact) mass is 268 g/mol. The molecule has 0 amide bonds. The second kappa shape index (κ2) is 4.42. The van der Waals surface area contributed by atoms with E-state index in [9.17, 15) is 15.0 Å². The van der Waals surface area contributed by atoms with E-state index in [-0.39, 0.29) is 22.1 Å².